The first-order valence-corrected chi connectivity index (χ1v) is 7.11. The highest BCUT2D eigenvalue weighted by Crippen LogP contribution is 2.61. The standard InChI is InChI=1S/C18H18O2/c1-19-18(20-2)16-9-5-3-7-12(16)14-11-15(14)13-8-4-6-10-17(13)18/h3-10,14-15H,11H2,1-2H3/t14-,15+. The third kappa shape index (κ3) is 1.41. The number of ether oxygens (including phenoxy) is 2. The van der Waals surface area contributed by atoms with E-state index in [0.29, 0.717) is 11.8 Å². The Kier molecular flexibility index (Phi) is 2.53. The molecule has 2 atom stereocenters. The topological polar surface area (TPSA) is 18.5 Å². The number of rotatable bonds is 2. The Hall–Kier alpha value is -1.64. The maximum absolute atomic E-state index is 5.91. The molecule has 0 heterocycles. The first-order chi connectivity index (χ1) is 9.81. The lowest BCUT2D eigenvalue weighted by molar-refractivity contribution is -0.184. The van der Waals surface area contributed by atoms with Crippen LogP contribution in [-0.4, -0.2) is 14.2 Å². The molecule has 0 radical (unpaired) electrons. The summed E-state index contributed by atoms with van der Waals surface area (Å²) in [5, 5.41) is 0. The summed E-state index contributed by atoms with van der Waals surface area (Å²) in [7, 11) is 3.46. The molecule has 4 rings (SSSR count). The van der Waals surface area contributed by atoms with Crippen molar-refractivity contribution in [3.63, 3.8) is 0 Å². The van der Waals surface area contributed by atoms with Crippen molar-refractivity contribution in [2.24, 2.45) is 0 Å². The summed E-state index contributed by atoms with van der Waals surface area (Å²) < 4.78 is 11.8. The fourth-order valence-electron chi connectivity index (χ4n) is 3.79. The van der Waals surface area contributed by atoms with Gasteiger partial charge in [0, 0.05) is 25.3 Å². The highest BCUT2D eigenvalue weighted by Gasteiger charge is 2.51. The second-order valence-electron chi connectivity index (χ2n) is 5.65. The number of hydrogen-bond donors (Lipinski definition) is 0. The molecule has 0 bridgehead atoms. The van der Waals surface area contributed by atoms with Gasteiger partial charge in [0.1, 0.15) is 0 Å². The molecule has 0 unspecified atom stereocenters. The minimum atomic E-state index is -0.777. The van der Waals surface area contributed by atoms with E-state index in [2.05, 4.69) is 48.5 Å². The van der Waals surface area contributed by atoms with Gasteiger partial charge in [-0.3, -0.25) is 0 Å². The van der Waals surface area contributed by atoms with E-state index in [-0.39, 0.29) is 0 Å². The maximum Gasteiger partial charge on any atom is 0.222 e. The van der Waals surface area contributed by atoms with Crippen LogP contribution in [0.4, 0.5) is 0 Å². The highest BCUT2D eigenvalue weighted by atomic mass is 16.7. The lowest BCUT2D eigenvalue weighted by atomic mass is 9.91. The SMILES string of the molecule is COC1(OC)c2ccccc2[C@H]2C[C@H]2c2ccccc21. The lowest BCUT2D eigenvalue weighted by Gasteiger charge is -2.33. The van der Waals surface area contributed by atoms with Crippen molar-refractivity contribution in [1.82, 2.24) is 0 Å². The van der Waals surface area contributed by atoms with E-state index in [1.54, 1.807) is 14.2 Å². The van der Waals surface area contributed by atoms with E-state index in [9.17, 15) is 0 Å². The van der Waals surface area contributed by atoms with Crippen LogP contribution in [0.15, 0.2) is 48.5 Å². The average Bonchev–Trinajstić information content (AvgIpc) is 3.30. The normalized spacial score (nSPS) is 25.1. The predicted molar refractivity (Wildman–Crippen MR) is 77.8 cm³/mol. The van der Waals surface area contributed by atoms with Gasteiger partial charge in [0.15, 0.2) is 0 Å². The first-order valence-electron chi connectivity index (χ1n) is 7.11. The molecular formula is C18H18O2. The van der Waals surface area contributed by atoms with Crippen molar-refractivity contribution < 1.29 is 9.47 Å². The lowest BCUT2D eigenvalue weighted by Crippen LogP contribution is -2.33. The van der Waals surface area contributed by atoms with Crippen LogP contribution >= 0.6 is 0 Å². The Bertz CT molecular complexity index is 604. The molecule has 2 nitrogen and oxygen atoms in total. The largest absolute Gasteiger partial charge is 0.346 e. The maximum atomic E-state index is 5.91. The molecule has 2 aliphatic rings. The third-order valence-corrected chi connectivity index (χ3v) is 4.80. The zero-order valence-electron chi connectivity index (χ0n) is 11.8. The summed E-state index contributed by atoms with van der Waals surface area (Å²) in [5.41, 5.74) is 5.06. The number of methoxy groups -OCH3 is 2. The fourth-order valence-corrected chi connectivity index (χ4v) is 3.79. The van der Waals surface area contributed by atoms with Crippen molar-refractivity contribution in [3.05, 3.63) is 70.8 Å². The quantitative estimate of drug-likeness (QED) is 0.770. The molecule has 2 aromatic rings. The molecule has 102 valence electrons. The molecule has 2 heteroatoms. The summed E-state index contributed by atoms with van der Waals surface area (Å²) in [4.78, 5) is 0. The van der Waals surface area contributed by atoms with Crippen LogP contribution in [0.1, 0.15) is 40.5 Å². The molecule has 2 aromatic carbocycles. The highest BCUT2D eigenvalue weighted by molar-refractivity contribution is 5.53. The van der Waals surface area contributed by atoms with Crippen LogP contribution in [0.2, 0.25) is 0 Å². The Balaban J connectivity index is 2.06. The summed E-state index contributed by atoms with van der Waals surface area (Å²) in [6.45, 7) is 0. The first kappa shape index (κ1) is 12.1. The van der Waals surface area contributed by atoms with Gasteiger partial charge in [-0.1, -0.05) is 48.5 Å². The predicted octanol–water partition coefficient (Wildman–Crippen LogP) is 3.77. The third-order valence-electron chi connectivity index (χ3n) is 4.80. The van der Waals surface area contributed by atoms with E-state index in [4.69, 9.17) is 9.47 Å². The van der Waals surface area contributed by atoms with E-state index in [1.807, 2.05) is 0 Å². The number of fused-ring (bicyclic) bond motifs is 5. The van der Waals surface area contributed by atoms with Crippen molar-refractivity contribution >= 4 is 0 Å². The Labute approximate surface area is 119 Å². The molecule has 0 aromatic heterocycles. The number of benzene rings is 2. The molecule has 20 heavy (non-hydrogen) atoms. The molecular weight excluding hydrogens is 248 g/mol. The van der Waals surface area contributed by atoms with Gasteiger partial charge in [0.05, 0.1) is 0 Å². The summed E-state index contributed by atoms with van der Waals surface area (Å²) in [5.74, 6) is 0.444. The molecule has 1 saturated carbocycles. The molecule has 0 N–H and O–H groups in total. The van der Waals surface area contributed by atoms with Gasteiger partial charge >= 0.3 is 0 Å². The van der Waals surface area contributed by atoms with Gasteiger partial charge in [-0.25, -0.2) is 0 Å². The van der Waals surface area contributed by atoms with E-state index < -0.39 is 5.79 Å². The fraction of sp³-hybridized carbons (Fsp3) is 0.333. The van der Waals surface area contributed by atoms with Crippen molar-refractivity contribution in [2.75, 3.05) is 14.2 Å². The zero-order chi connectivity index (χ0) is 13.7. The average molecular weight is 266 g/mol. The molecule has 2 aliphatic carbocycles. The minimum absolute atomic E-state index is 0.611. The summed E-state index contributed by atoms with van der Waals surface area (Å²) in [6, 6.07) is 17.1. The van der Waals surface area contributed by atoms with Gasteiger partial charge in [-0.15, -0.1) is 0 Å². The van der Waals surface area contributed by atoms with Crippen LogP contribution in [0, 0.1) is 0 Å². The van der Waals surface area contributed by atoms with Crippen LogP contribution in [0.5, 0.6) is 0 Å². The van der Waals surface area contributed by atoms with Gasteiger partial charge in [0.25, 0.3) is 0 Å². The Morgan fingerprint density at radius 2 is 1.25 bits per heavy atom. The van der Waals surface area contributed by atoms with Crippen molar-refractivity contribution in [3.8, 4) is 0 Å². The Morgan fingerprint density at radius 1 is 0.800 bits per heavy atom. The van der Waals surface area contributed by atoms with Gasteiger partial charge < -0.3 is 9.47 Å². The van der Waals surface area contributed by atoms with Crippen LogP contribution in [0.3, 0.4) is 0 Å². The summed E-state index contributed by atoms with van der Waals surface area (Å²) in [6.07, 6.45) is 1.23. The summed E-state index contributed by atoms with van der Waals surface area (Å²) >= 11 is 0. The molecule has 1 fully saturated rings. The minimum Gasteiger partial charge on any atom is -0.346 e. The van der Waals surface area contributed by atoms with Gasteiger partial charge in [-0.2, -0.15) is 0 Å². The van der Waals surface area contributed by atoms with E-state index >= 15 is 0 Å². The van der Waals surface area contributed by atoms with Crippen LogP contribution in [0.25, 0.3) is 0 Å². The van der Waals surface area contributed by atoms with Crippen LogP contribution < -0.4 is 0 Å². The van der Waals surface area contributed by atoms with Crippen molar-refractivity contribution in [1.29, 1.82) is 0 Å². The number of hydrogen-bond acceptors (Lipinski definition) is 2. The van der Waals surface area contributed by atoms with E-state index in [0.717, 1.165) is 11.1 Å². The molecule has 0 spiro atoms. The molecule has 0 saturated heterocycles. The zero-order valence-corrected chi connectivity index (χ0v) is 11.8. The van der Waals surface area contributed by atoms with E-state index in [1.165, 1.54) is 17.5 Å². The monoisotopic (exact) mass is 266 g/mol. The van der Waals surface area contributed by atoms with Crippen LogP contribution in [-0.2, 0) is 15.3 Å². The van der Waals surface area contributed by atoms with Gasteiger partial charge in [-0.05, 0) is 29.4 Å². The second kappa shape index (κ2) is 4.18. The van der Waals surface area contributed by atoms with Gasteiger partial charge in [0.2, 0.25) is 5.79 Å². The second-order valence-corrected chi connectivity index (χ2v) is 5.65. The molecule has 0 amide bonds. The smallest absolute Gasteiger partial charge is 0.222 e. The van der Waals surface area contributed by atoms with Crippen molar-refractivity contribution in [2.45, 2.75) is 24.0 Å². The molecule has 0 aliphatic heterocycles. The Morgan fingerprint density at radius 3 is 1.70 bits per heavy atom.